The highest BCUT2D eigenvalue weighted by Gasteiger charge is 2.05. The maximum Gasteiger partial charge on any atom is 0.147 e. The second-order valence-corrected chi connectivity index (χ2v) is 4.51. The average molecular weight is 263 g/mol. The Bertz CT molecular complexity index is 546. The summed E-state index contributed by atoms with van der Waals surface area (Å²) in [5.74, 6) is 1.47. The molecule has 1 aromatic carbocycles. The molecule has 0 aliphatic heterocycles. The van der Waals surface area contributed by atoms with Gasteiger partial charge in [0.1, 0.15) is 11.5 Å². The van der Waals surface area contributed by atoms with Crippen molar-refractivity contribution in [3.8, 4) is 11.5 Å². The molecule has 1 heterocycles. The molecule has 0 aliphatic rings. The van der Waals surface area contributed by atoms with Crippen LogP contribution < -0.4 is 10.1 Å². The van der Waals surface area contributed by atoms with Crippen LogP contribution in [0.5, 0.6) is 11.5 Å². The van der Waals surface area contributed by atoms with Crippen molar-refractivity contribution in [3.05, 3.63) is 46.7 Å². The molecule has 0 aliphatic carbocycles. The highest BCUT2D eigenvalue weighted by Crippen LogP contribution is 2.29. The number of rotatable bonds is 3. The number of pyridine rings is 1. The summed E-state index contributed by atoms with van der Waals surface area (Å²) in [5, 5.41) is 3.80. The van der Waals surface area contributed by atoms with Crippen molar-refractivity contribution in [2.75, 3.05) is 12.4 Å². The molecule has 1 aromatic heterocycles. The molecule has 0 saturated carbocycles. The summed E-state index contributed by atoms with van der Waals surface area (Å²) in [6.07, 6.45) is 3.42. The van der Waals surface area contributed by atoms with Crippen LogP contribution >= 0.6 is 11.6 Å². The van der Waals surface area contributed by atoms with Crippen molar-refractivity contribution in [3.63, 3.8) is 0 Å². The average Bonchev–Trinajstić information content (AvgIpc) is 2.36. The van der Waals surface area contributed by atoms with E-state index in [9.17, 15) is 0 Å². The molecule has 0 fully saturated rings. The molecular weight excluding hydrogens is 248 g/mol. The maximum atomic E-state index is 6.12. The van der Waals surface area contributed by atoms with Crippen molar-refractivity contribution in [2.45, 2.75) is 13.8 Å². The standard InChI is InChI=1S/C14H15ClN2O/c1-9-4-12(5-10(2)14(9)15)18-13-6-11(16-3)7-17-8-13/h4-8,16H,1-3H3. The number of nitrogens with one attached hydrogen (secondary N) is 1. The number of hydrogen-bond donors (Lipinski definition) is 1. The summed E-state index contributed by atoms with van der Waals surface area (Å²) < 4.78 is 5.78. The first kappa shape index (κ1) is 12.7. The second kappa shape index (κ2) is 5.27. The minimum absolute atomic E-state index is 0.697. The highest BCUT2D eigenvalue weighted by atomic mass is 35.5. The van der Waals surface area contributed by atoms with E-state index in [2.05, 4.69) is 10.3 Å². The molecule has 2 aromatic rings. The van der Waals surface area contributed by atoms with Crippen LogP contribution in [0.4, 0.5) is 5.69 Å². The first-order chi connectivity index (χ1) is 8.60. The van der Waals surface area contributed by atoms with Gasteiger partial charge in [0, 0.05) is 18.1 Å². The molecule has 0 unspecified atom stereocenters. The lowest BCUT2D eigenvalue weighted by molar-refractivity contribution is 0.480. The molecular formula is C14H15ClN2O. The Kier molecular flexibility index (Phi) is 3.72. The fraction of sp³-hybridized carbons (Fsp3) is 0.214. The molecule has 1 N–H and O–H groups in total. The SMILES string of the molecule is CNc1cncc(Oc2cc(C)c(Cl)c(C)c2)c1. The van der Waals surface area contributed by atoms with E-state index in [0.717, 1.165) is 27.6 Å². The van der Waals surface area contributed by atoms with E-state index >= 15 is 0 Å². The molecule has 2 rings (SSSR count). The van der Waals surface area contributed by atoms with E-state index in [1.807, 2.05) is 39.1 Å². The van der Waals surface area contributed by atoms with Crippen LogP contribution in [0.2, 0.25) is 5.02 Å². The smallest absolute Gasteiger partial charge is 0.147 e. The lowest BCUT2D eigenvalue weighted by Gasteiger charge is -2.10. The van der Waals surface area contributed by atoms with Gasteiger partial charge in [-0.2, -0.15) is 0 Å². The maximum absolute atomic E-state index is 6.12. The van der Waals surface area contributed by atoms with Crippen molar-refractivity contribution < 1.29 is 4.74 Å². The summed E-state index contributed by atoms with van der Waals surface area (Å²) in [6, 6.07) is 5.73. The third-order valence-corrected chi connectivity index (χ3v) is 3.24. The number of hydrogen-bond acceptors (Lipinski definition) is 3. The molecule has 0 spiro atoms. The van der Waals surface area contributed by atoms with E-state index in [1.54, 1.807) is 12.4 Å². The van der Waals surface area contributed by atoms with Crippen molar-refractivity contribution in [1.82, 2.24) is 4.98 Å². The Morgan fingerprint density at radius 3 is 2.33 bits per heavy atom. The molecule has 0 saturated heterocycles. The van der Waals surface area contributed by atoms with Gasteiger partial charge in [-0.3, -0.25) is 4.98 Å². The monoisotopic (exact) mass is 262 g/mol. The number of ether oxygens (including phenoxy) is 1. The Morgan fingerprint density at radius 1 is 1.06 bits per heavy atom. The molecule has 0 atom stereocenters. The minimum Gasteiger partial charge on any atom is -0.456 e. The number of aromatic nitrogens is 1. The molecule has 0 bridgehead atoms. The highest BCUT2D eigenvalue weighted by molar-refractivity contribution is 6.32. The van der Waals surface area contributed by atoms with Crippen molar-refractivity contribution in [1.29, 1.82) is 0 Å². The van der Waals surface area contributed by atoms with E-state index in [0.29, 0.717) is 5.75 Å². The van der Waals surface area contributed by atoms with Gasteiger partial charge >= 0.3 is 0 Å². The van der Waals surface area contributed by atoms with E-state index in [4.69, 9.17) is 16.3 Å². The Morgan fingerprint density at radius 2 is 1.72 bits per heavy atom. The molecule has 3 nitrogen and oxygen atoms in total. The lowest BCUT2D eigenvalue weighted by Crippen LogP contribution is -1.92. The molecule has 0 amide bonds. The summed E-state index contributed by atoms with van der Waals surface area (Å²) >= 11 is 6.12. The zero-order valence-corrected chi connectivity index (χ0v) is 11.4. The van der Waals surface area contributed by atoms with Crippen molar-refractivity contribution >= 4 is 17.3 Å². The van der Waals surface area contributed by atoms with Crippen LogP contribution in [0, 0.1) is 13.8 Å². The predicted molar refractivity (Wildman–Crippen MR) is 74.8 cm³/mol. The zero-order valence-electron chi connectivity index (χ0n) is 10.6. The molecule has 0 radical (unpaired) electrons. The summed E-state index contributed by atoms with van der Waals surface area (Å²) in [6.45, 7) is 3.93. The van der Waals surface area contributed by atoms with Gasteiger partial charge in [0.25, 0.3) is 0 Å². The van der Waals surface area contributed by atoms with Gasteiger partial charge in [0.2, 0.25) is 0 Å². The number of aryl methyl sites for hydroxylation is 2. The fourth-order valence-electron chi connectivity index (χ4n) is 1.71. The Hall–Kier alpha value is -1.74. The number of halogens is 1. The normalized spacial score (nSPS) is 10.2. The quantitative estimate of drug-likeness (QED) is 0.901. The Labute approximate surface area is 112 Å². The molecule has 94 valence electrons. The van der Waals surface area contributed by atoms with Crippen molar-refractivity contribution in [2.24, 2.45) is 0 Å². The van der Waals surface area contributed by atoms with Crippen LogP contribution in [0.1, 0.15) is 11.1 Å². The van der Waals surface area contributed by atoms with Crippen LogP contribution in [-0.2, 0) is 0 Å². The van der Waals surface area contributed by atoms with Gasteiger partial charge in [-0.15, -0.1) is 0 Å². The molecule has 18 heavy (non-hydrogen) atoms. The first-order valence-electron chi connectivity index (χ1n) is 5.67. The van der Waals surface area contributed by atoms with Crippen LogP contribution in [0.3, 0.4) is 0 Å². The summed E-state index contributed by atoms with van der Waals surface area (Å²) in [7, 11) is 1.84. The lowest BCUT2D eigenvalue weighted by atomic mass is 10.1. The van der Waals surface area contributed by atoms with E-state index < -0.39 is 0 Å². The van der Waals surface area contributed by atoms with E-state index in [-0.39, 0.29) is 0 Å². The van der Waals surface area contributed by atoms with Gasteiger partial charge in [-0.1, -0.05) is 11.6 Å². The summed E-state index contributed by atoms with van der Waals surface area (Å²) in [4.78, 5) is 4.10. The van der Waals surface area contributed by atoms with Gasteiger partial charge in [-0.25, -0.2) is 0 Å². The van der Waals surface area contributed by atoms with Gasteiger partial charge in [0.05, 0.1) is 18.1 Å². The van der Waals surface area contributed by atoms with Crippen LogP contribution in [0.15, 0.2) is 30.6 Å². The molecule has 4 heteroatoms. The van der Waals surface area contributed by atoms with Gasteiger partial charge < -0.3 is 10.1 Å². The summed E-state index contributed by atoms with van der Waals surface area (Å²) in [5.41, 5.74) is 2.92. The Balaban J connectivity index is 2.28. The van der Waals surface area contributed by atoms with Gasteiger partial charge in [0.15, 0.2) is 0 Å². The van der Waals surface area contributed by atoms with Gasteiger partial charge in [-0.05, 0) is 37.1 Å². The fourth-order valence-corrected chi connectivity index (χ4v) is 1.82. The topological polar surface area (TPSA) is 34.2 Å². The van der Waals surface area contributed by atoms with E-state index in [1.165, 1.54) is 0 Å². The number of benzene rings is 1. The third kappa shape index (κ3) is 2.74. The van der Waals surface area contributed by atoms with Crippen LogP contribution in [-0.4, -0.2) is 12.0 Å². The third-order valence-electron chi connectivity index (χ3n) is 2.65. The van der Waals surface area contributed by atoms with Crippen LogP contribution in [0.25, 0.3) is 0 Å². The second-order valence-electron chi connectivity index (χ2n) is 4.13. The first-order valence-corrected chi connectivity index (χ1v) is 6.05. The predicted octanol–water partition coefficient (Wildman–Crippen LogP) is 4.19. The number of anilines is 1. The zero-order chi connectivity index (χ0) is 13.1. The largest absolute Gasteiger partial charge is 0.456 e. The number of nitrogens with zero attached hydrogens (tertiary/aromatic N) is 1. The minimum atomic E-state index is 0.697.